The van der Waals surface area contributed by atoms with Crippen LogP contribution >= 0.6 is 0 Å². The van der Waals surface area contributed by atoms with Crippen molar-refractivity contribution in [2.24, 2.45) is 0 Å². The van der Waals surface area contributed by atoms with Crippen LogP contribution in [-0.4, -0.2) is 86.2 Å². The molecule has 29 heavy (non-hydrogen) atoms. The van der Waals surface area contributed by atoms with Crippen LogP contribution in [0.25, 0.3) is 0 Å². The van der Waals surface area contributed by atoms with Gasteiger partial charge in [0, 0.05) is 62.7 Å². The number of urea groups is 1. The number of nitrogens with one attached hydrogen (secondary N) is 1. The average Bonchev–Trinajstić information content (AvgIpc) is 3.26. The fourth-order valence-corrected chi connectivity index (χ4v) is 5.09. The van der Waals surface area contributed by atoms with E-state index in [1.165, 1.54) is 44.2 Å². The highest BCUT2D eigenvalue weighted by Crippen LogP contribution is 2.25. The van der Waals surface area contributed by atoms with E-state index < -0.39 is 0 Å². The van der Waals surface area contributed by atoms with E-state index in [9.17, 15) is 4.79 Å². The number of carbonyl (C=O) groups is 1. The monoisotopic (exact) mass is 399 g/mol. The van der Waals surface area contributed by atoms with Gasteiger partial charge in [0.2, 0.25) is 0 Å². The van der Waals surface area contributed by atoms with Crippen molar-refractivity contribution in [1.82, 2.24) is 14.7 Å². The molecule has 1 aliphatic carbocycles. The maximum absolute atomic E-state index is 12.7. The Kier molecular flexibility index (Phi) is 6.60. The summed E-state index contributed by atoms with van der Waals surface area (Å²) < 4.78 is 0. The Morgan fingerprint density at radius 1 is 0.931 bits per heavy atom. The molecule has 2 saturated heterocycles. The van der Waals surface area contributed by atoms with Gasteiger partial charge in [-0.3, -0.25) is 4.90 Å². The van der Waals surface area contributed by atoms with E-state index in [1.54, 1.807) is 0 Å². The molecule has 2 heterocycles. The van der Waals surface area contributed by atoms with Crippen molar-refractivity contribution < 1.29 is 4.79 Å². The highest BCUT2D eigenvalue weighted by atomic mass is 16.2. The second kappa shape index (κ2) is 9.35. The first kappa shape index (κ1) is 20.5. The van der Waals surface area contributed by atoms with Crippen LogP contribution in [0.1, 0.15) is 38.5 Å². The zero-order chi connectivity index (χ0) is 20.2. The van der Waals surface area contributed by atoms with Gasteiger partial charge in [0.15, 0.2) is 0 Å². The fraction of sp³-hybridized carbons (Fsp3) is 0.696. The summed E-state index contributed by atoms with van der Waals surface area (Å²) in [5, 5.41) is 3.09. The first-order valence-corrected chi connectivity index (χ1v) is 11.4. The lowest BCUT2D eigenvalue weighted by molar-refractivity contribution is 0.0943. The van der Waals surface area contributed by atoms with E-state index in [1.807, 2.05) is 17.0 Å². The van der Waals surface area contributed by atoms with E-state index in [0.29, 0.717) is 6.04 Å². The van der Waals surface area contributed by atoms with Crippen molar-refractivity contribution in [3.8, 4) is 0 Å². The van der Waals surface area contributed by atoms with Crippen LogP contribution in [-0.2, 0) is 0 Å². The number of hydrogen-bond acceptors (Lipinski definition) is 4. The van der Waals surface area contributed by atoms with Gasteiger partial charge < -0.3 is 20.0 Å². The van der Waals surface area contributed by atoms with E-state index in [4.69, 9.17) is 0 Å². The fourth-order valence-electron chi connectivity index (χ4n) is 5.09. The molecule has 0 radical (unpaired) electrons. The molecule has 160 valence electrons. The molecule has 1 unspecified atom stereocenters. The highest BCUT2D eigenvalue weighted by Gasteiger charge is 2.27. The SMILES string of the molecule is CN(C)C1CCN(c2ccc(NC(=O)N3CCN(C4CCCCC4)CC3)cc2)C1. The molecule has 4 rings (SSSR count). The summed E-state index contributed by atoms with van der Waals surface area (Å²) in [5.74, 6) is 0. The third kappa shape index (κ3) is 5.04. The number of likely N-dealkylation sites (N-methyl/N-ethyl adjacent to an activating group) is 1. The molecule has 1 N–H and O–H groups in total. The third-order valence-electron chi connectivity index (χ3n) is 7.07. The van der Waals surface area contributed by atoms with Gasteiger partial charge in [-0.05, 0) is 57.6 Å². The van der Waals surface area contributed by atoms with Crippen molar-refractivity contribution in [1.29, 1.82) is 0 Å². The van der Waals surface area contributed by atoms with Crippen molar-refractivity contribution in [3.05, 3.63) is 24.3 Å². The van der Waals surface area contributed by atoms with Gasteiger partial charge in [0.1, 0.15) is 0 Å². The molecule has 6 heteroatoms. The Morgan fingerprint density at radius 2 is 1.62 bits per heavy atom. The zero-order valence-electron chi connectivity index (χ0n) is 18.1. The van der Waals surface area contributed by atoms with Crippen LogP contribution in [0.5, 0.6) is 0 Å². The number of anilines is 2. The van der Waals surface area contributed by atoms with Crippen LogP contribution in [0.4, 0.5) is 16.2 Å². The van der Waals surface area contributed by atoms with Gasteiger partial charge in [-0.15, -0.1) is 0 Å². The molecular formula is C23H37N5O. The lowest BCUT2D eigenvalue weighted by Gasteiger charge is -2.40. The summed E-state index contributed by atoms with van der Waals surface area (Å²) >= 11 is 0. The van der Waals surface area contributed by atoms with Gasteiger partial charge in [-0.25, -0.2) is 4.79 Å². The Labute approximate surface area is 175 Å². The number of piperazine rings is 1. The molecule has 0 aromatic heterocycles. The molecule has 1 aromatic rings. The first-order chi connectivity index (χ1) is 14.1. The van der Waals surface area contributed by atoms with Gasteiger partial charge in [-0.2, -0.15) is 0 Å². The predicted octanol–water partition coefficient (Wildman–Crippen LogP) is 3.31. The molecule has 2 aliphatic heterocycles. The van der Waals surface area contributed by atoms with Gasteiger partial charge in [-0.1, -0.05) is 19.3 Å². The number of nitrogens with zero attached hydrogens (tertiary/aromatic N) is 4. The van der Waals surface area contributed by atoms with Crippen molar-refractivity contribution in [2.75, 3.05) is 63.6 Å². The average molecular weight is 400 g/mol. The lowest BCUT2D eigenvalue weighted by atomic mass is 9.94. The largest absolute Gasteiger partial charge is 0.370 e. The number of rotatable bonds is 4. The number of benzene rings is 1. The van der Waals surface area contributed by atoms with Crippen LogP contribution < -0.4 is 10.2 Å². The second-order valence-electron chi connectivity index (χ2n) is 9.14. The number of carbonyl (C=O) groups excluding carboxylic acids is 1. The minimum Gasteiger partial charge on any atom is -0.370 e. The maximum atomic E-state index is 12.7. The Hall–Kier alpha value is -1.79. The molecule has 3 aliphatic rings. The van der Waals surface area contributed by atoms with Crippen LogP contribution in [0.2, 0.25) is 0 Å². The Balaban J connectivity index is 1.25. The maximum Gasteiger partial charge on any atom is 0.321 e. The van der Waals surface area contributed by atoms with E-state index in [2.05, 4.69) is 46.2 Å². The first-order valence-electron chi connectivity index (χ1n) is 11.4. The smallest absolute Gasteiger partial charge is 0.321 e. The van der Waals surface area contributed by atoms with Crippen LogP contribution in [0, 0.1) is 0 Å². The van der Waals surface area contributed by atoms with Gasteiger partial charge in [0.25, 0.3) is 0 Å². The lowest BCUT2D eigenvalue weighted by Crippen LogP contribution is -2.53. The molecule has 3 fully saturated rings. The van der Waals surface area contributed by atoms with Gasteiger partial charge in [0.05, 0.1) is 0 Å². The summed E-state index contributed by atoms with van der Waals surface area (Å²) in [6.07, 6.45) is 8.02. The van der Waals surface area contributed by atoms with E-state index in [-0.39, 0.29) is 6.03 Å². The summed E-state index contributed by atoms with van der Waals surface area (Å²) in [5.41, 5.74) is 2.13. The zero-order valence-corrected chi connectivity index (χ0v) is 18.1. The Bertz CT molecular complexity index is 662. The molecule has 2 amide bonds. The van der Waals surface area contributed by atoms with Crippen LogP contribution in [0.3, 0.4) is 0 Å². The molecule has 0 bridgehead atoms. The van der Waals surface area contributed by atoms with Crippen LogP contribution in [0.15, 0.2) is 24.3 Å². The summed E-state index contributed by atoms with van der Waals surface area (Å²) in [6, 6.07) is 9.75. The molecule has 6 nitrogen and oxygen atoms in total. The highest BCUT2D eigenvalue weighted by molar-refractivity contribution is 5.89. The summed E-state index contributed by atoms with van der Waals surface area (Å²) in [6.45, 7) is 5.86. The standard InChI is InChI=1S/C23H37N5O/c1-25(2)22-12-13-28(18-22)21-10-8-19(9-11-21)24-23(29)27-16-14-26(15-17-27)20-6-4-3-5-7-20/h8-11,20,22H,3-7,12-18H2,1-2H3,(H,24,29). The van der Waals surface area contributed by atoms with Crippen molar-refractivity contribution in [3.63, 3.8) is 0 Å². The molecular weight excluding hydrogens is 362 g/mol. The summed E-state index contributed by atoms with van der Waals surface area (Å²) in [4.78, 5) is 22.0. The molecule has 0 spiro atoms. The second-order valence-corrected chi connectivity index (χ2v) is 9.14. The normalized spacial score (nSPS) is 24.3. The number of hydrogen-bond donors (Lipinski definition) is 1. The van der Waals surface area contributed by atoms with E-state index in [0.717, 1.165) is 51.0 Å². The third-order valence-corrected chi connectivity index (χ3v) is 7.07. The topological polar surface area (TPSA) is 42.1 Å². The van der Waals surface area contributed by atoms with E-state index >= 15 is 0 Å². The minimum atomic E-state index is 0.0369. The van der Waals surface area contributed by atoms with Gasteiger partial charge >= 0.3 is 6.03 Å². The van der Waals surface area contributed by atoms with Crippen molar-refractivity contribution in [2.45, 2.75) is 50.6 Å². The molecule has 1 saturated carbocycles. The van der Waals surface area contributed by atoms with Crippen molar-refractivity contribution >= 4 is 17.4 Å². The summed E-state index contributed by atoms with van der Waals surface area (Å²) in [7, 11) is 4.31. The molecule has 1 atom stereocenters. The quantitative estimate of drug-likeness (QED) is 0.844. The minimum absolute atomic E-state index is 0.0369. The Morgan fingerprint density at radius 3 is 2.24 bits per heavy atom. The number of amides is 2. The molecule has 1 aromatic carbocycles. The predicted molar refractivity (Wildman–Crippen MR) is 120 cm³/mol.